The Morgan fingerprint density at radius 3 is 2.59 bits per heavy atom. The van der Waals surface area contributed by atoms with Crippen molar-refractivity contribution in [2.24, 2.45) is 11.8 Å². The number of halogens is 1. The fourth-order valence-electron chi connectivity index (χ4n) is 2.20. The third-order valence-electron chi connectivity index (χ3n) is 3.24. The van der Waals surface area contributed by atoms with E-state index in [4.69, 9.17) is 21.4 Å². The Morgan fingerprint density at radius 2 is 2.05 bits per heavy atom. The van der Waals surface area contributed by atoms with Crippen molar-refractivity contribution in [3.63, 3.8) is 0 Å². The minimum atomic E-state index is -0.894. The van der Waals surface area contributed by atoms with E-state index in [0.29, 0.717) is 22.8 Å². The van der Waals surface area contributed by atoms with Crippen molar-refractivity contribution in [3.8, 4) is 5.75 Å². The highest BCUT2D eigenvalue weighted by Crippen LogP contribution is 2.23. The molecule has 0 radical (unpaired) electrons. The molecular formula is C16H22ClNO4. The summed E-state index contributed by atoms with van der Waals surface area (Å²) in [6, 6.07) is 5.05. The van der Waals surface area contributed by atoms with Crippen LogP contribution in [-0.2, 0) is 16.0 Å². The van der Waals surface area contributed by atoms with Gasteiger partial charge in [-0.25, -0.2) is 0 Å². The van der Waals surface area contributed by atoms with Gasteiger partial charge in [-0.2, -0.15) is 0 Å². The van der Waals surface area contributed by atoms with Gasteiger partial charge in [0.15, 0.2) is 0 Å². The Hall–Kier alpha value is -1.75. The summed E-state index contributed by atoms with van der Waals surface area (Å²) in [5.41, 5.74) is 0.670. The lowest BCUT2D eigenvalue weighted by Crippen LogP contribution is -2.34. The summed E-state index contributed by atoms with van der Waals surface area (Å²) in [6.45, 7) is 4.03. The molecule has 1 amide bonds. The molecule has 0 heterocycles. The Balaban J connectivity index is 2.62. The van der Waals surface area contributed by atoms with E-state index in [1.807, 2.05) is 13.8 Å². The number of methoxy groups -OCH3 is 1. The smallest absolute Gasteiger partial charge is 0.308 e. The molecule has 1 atom stereocenters. The molecule has 1 rings (SSSR count). The number of amides is 1. The zero-order chi connectivity index (χ0) is 16.7. The molecule has 0 aromatic heterocycles. The zero-order valence-corrected chi connectivity index (χ0v) is 13.8. The van der Waals surface area contributed by atoms with Gasteiger partial charge >= 0.3 is 5.97 Å². The Morgan fingerprint density at radius 1 is 1.36 bits per heavy atom. The molecule has 1 aromatic carbocycles. The lowest BCUT2D eigenvalue weighted by atomic mass is 9.97. The van der Waals surface area contributed by atoms with Crippen LogP contribution in [0.15, 0.2) is 18.2 Å². The number of carbonyl (C=O) groups excluding carboxylic acids is 1. The zero-order valence-electron chi connectivity index (χ0n) is 13.1. The van der Waals surface area contributed by atoms with Gasteiger partial charge in [0, 0.05) is 17.1 Å². The number of ether oxygens (including phenoxy) is 1. The summed E-state index contributed by atoms with van der Waals surface area (Å²) in [5, 5.41) is 12.3. The first kappa shape index (κ1) is 18.3. The van der Waals surface area contributed by atoms with Crippen LogP contribution in [0, 0.1) is 11.8 Å². The summed E-state index contributed by atoms with van der Waals surface area (Å²) < 4.78 is 5.18. The number of benzene rings is 1. The second-order valence-electron chi connectivity index (χ2n) is 5.60. The summed E-state index contributed by atoms with van der Waals surface area (Å²) >= 11 is 5.92. The summed E-state index contributed by atoms with van der Waals surface area (Å²) in [4.78, 5) is 23.2. The predicted octanol–water partition coefficient (Wildman–Crippen LogP) is 2.75. The van der Waals surface area contributed by atoms with E-state index in [9.17, 15) is 9.59 Å². The molecule has 1 unspecified atom stereocenters. The van der Waals surface area contributed by atoms with Crippen molar-refractivity contribution < 1.29 is 19.4 Å². The predicted molar refractivity (Wildman–Crippen MR) is 85.3 cm³/mol. The monoisotopic (exact) mass is 327 g/mol. The number of carboxylic acid groups (broad SMARTS) is 1. The fourth-order valence-corrected chi connectivity index (χ4v) is 2.39. The van der Waals surface area contributed by atoms with E-state index < -0.39 is 11.9 Å². The molecule has 0 aliphatic carbocycles. The standard InChI is InChI=1S/C16H22ClNO4/c1-10(2)6-12(16(20)21)9-18-15(19)8-11-7-13(17)4-5-14(11)22-3/h4-5,7,10,12H,6,8-9H2,1-3H3,(H,18,19)(H,20,21). The van der Waals surface area contributed by atoms with E-state index in [1.54, 1.807) is 18.2 Å². The number of carbonyl (C=O) groups is 2. The van der Waals surface area contributed by atoms with Gasteiger partial charge in [0.25, 0.3) is 0 Å². The Bertz CT molecular complexity index is 531. The maximum absolute atomic E-state index is 12.0. The van der Waals surface area contributed by atoms with E-state index >= 15 is 0 Å². The normalized spacial score (nSPS) is 12.0. The van der Waals surface area contributed by atoms with Crippen LogP contribution in [0.2, 0.25) is 5.02 Å². The maximum Gasteiger partial charge on any atom is 0.308 e. The second kappa shape index (κ2) is 8.63. The van der Waals surface area contributed by atoms with Gasteiger partial charge in [-0.3, -0.25) is 9.59 Å². The van der Waals surface area contributed by atoms with Crippen LogP contribution in [0.25, 0.3) is 0 Å². The molecule has 1 aromatic rings. The lowest BCUT2D eigenvalue weighted by Gasteiger charge is -2.16. The fraction of sp³-hybridized carbons (Fsp3) is 0.500. The summed E-state index contributed by atoms with van der Waals surface area (Å²) in [5.74, 6) is -0.891. The first-order valence-electron chi connectivity index (χ1n) is 7.15. The molecular weight excluding hydrogens is 306 g/mol. The minimum Gasteiger partial charge on any atom is -0.496 e. The molecule has 22 heavy (non-hydrogen) atoms. The first-order valence-corrected chi connectivity index (χ1v) is 7.53. The number of hydrogen-bond donors (Lipinski definition) is 2. The van der Waals surface area contributed by atoms with Crippen LogP contribution in [0.1, 0.15) is 25.8 Å². The SMILES string of the molecule is COc1ccc(Cl)cc1CC(=O)NCC(CC(C)C)C(=O)O. The highest BCUT2D eigenvalue weighted by atomic mass is 35.5. The van der Waals surface area contributed by atoms with Crippen molar-refractivity contribution in [3.05, 3.63) is 28.8 Å². The number of aliphatic carboxylic acids is 1. The van der Waals surface area contributed by atoms with Gasteiger partial charge in [0.05, 0.1) is 19.4 Å². The number of rotatable bonds is 8. The number of hydrogen-bond acceptors (Lipinski definition) is 3. The second-order valence-corrected chi connectivity index (χ2v) is 6.04. The van der Waals surface area contributed by atoms with Crippen molar-refractivity contribution in [1.82, 2.24) is 5.32 Å². The maximum atomic E-state index is 12.0. The Kier molecular flexibility index (Phi) is 7.18. The average molecular weight is 328 g/mol. The molecule has 122 valence electrons. The van der Waals surface area contributed by atoms with Crippen LogP contribution < -0.4 is 10.1 Å². The van der Waals surface area contributed by atoms with Gasteiger partial charge in [-0.05, 0) is 30.5 Å². The van der Waals surface area contributed by atoms with Gasteiger partial charge in [0.1, 0.15) is 5.75 Å². The van der Waals surface area contributed by atoms with Crippen LogP contribution in [0.5, 0.6) is 5.75 Å². The topological polar surface area (TPSA) is 75.6 Å². The number of nitrogens with one attached hydrogen (secondary N) is 1. The average Bonchev–Trinajstić information content (AvgIpc) is 2.43. The molecule has 0 saturated carbocycles. The highest BCUT2D eigenvalue weighted by Gasteiger charge is 2.20. The van der Waals surface area contributed by atoms with Gasteiger partial charge in [0.2, 0.25) is 5.91 Å². The van der Waals surface area contributed by atoms with Crippen LogP contribution in [-0.4, -0.2) is 30.6 Å². The molecule has 6 heteroatoms. The quantitative estimate of drug-likeness (QED) is 0.769. The molecule has 0 aliphatic rings. The van der Waals surface area contributed by atoms with Crippen molar-refractivity contribution in [1.29, 1.82) is 0 Å². The van der Waals surface area contributed by atoms with Crippen molar-refractivity contribution >= 4 is 23.5 Å². The van der Waals surface area contributed by atoms with Gasteiger partial charge < -0.3 is 15.2 Å². The molecule has 0 fully saturated rings. The summed E-state index contributed by atoms with van der Waals surface area (Å²) in [6.07, 6.45) is 0.619. The molecule has 0 bridgehead atoms. The molecule has 2 N–H and O–H groups in total. The van der Waals surface area contributed by atoms with Crippen LogP contribution >= 0.6 is 11.6 Å². The van der Waals surface area contributed by atoms with E-state index in [2.05, 4.69) is 5.32 Å². The molecule has 0 aliphatic heterocycles. The first-order chi connectivity index (χ1) is 10.3. The largest absolute Gasteiger partial charge is 0.496 e. The van der Waals surface area contributed by atoms with Crippen molar-refractivity contribution in [2.45, 2.75) is 26.7 Å². The third kappa shape index (κ3) is 5.93. The molecule has 0 saturated heterocycles. The lowest BCUT2D eigenvalue weighted by molar-refractivity contribution is -0.142. The van der Waals surface area contributed by atoms with Gasteiger partial charge in [-0.15, -0.1) is 0 Å². The van der Waals surface area contributed by atoms with Crippen LogP contribution in [0.4, 0.5) is 0 Å². The van der Waals surface area contributed by atoms with E-state index in [-0.39, 0.29) is 24.8 Å². The van der Waals surface area contributed by atoms with E-state index in [0.717, 1.165) is 0 Å². The molecule has 5 nitrogen and oxygen atoms in total. The van der Waals surface area contributed by atoms with Crippen molar-refractivity contribution in [2.75, 3.05) is 13.7 Å². The van der Waals surface area contributed by atoms with E-state index in [1.165, 1.54) is 7.11 Å². The van der Waals surface area contributed by atoms with Crippen LogP contribution in [0.3, 0.4) is 0 Å². The third-order valence-corrected chi connectivity index (χ3v) is 3.48. The van der Waals surface area contributed by atoms with Gasteiger partial charge in [-0.1, -0.05) is 25.4 Å². The number of carboxylic acids is 1. The Labute approximate surface area is 135 Å². The minimum absolute atomic E-state index is 0.0950. The summed E-state index contributed by atoms with van der Waals surface area (Å²) in [7, 11) is 1.52. The highest BCUT2D eigenvalue weighted by molar-refractivity contribution is 6.30. The molecule has 0 spiro atoms.